The fourth-order valence-corrected chi connectivity index (χ4v) is 3.13. The zero-order valence-corrected chi connectivity index (χ0v) is 15.9. The number of nitrogens with one attached hydrogen (secondary N) is 2. The molecule has 1 unspecified atom stereocenters. The van der Waals surface area contributed by atoms with Crippen LogP contribution in [0.5, 0.6) is 0 Å². The summed E-state index contributed by atoms with van der Waals surface area (Å²) in [4.78, 5) is 23.9. The Kier molecular flexibility index (Phi) is 6.39. The van der Waals surface area contributed by atoms with Crippen LogP contribution in [-0.2, 0) is 19.4 Å². The van der Waals surface area contributed by atoms with Crippen LogP contribution in [0, 0.1) is 0 Å². The van der Waals surface area contributed by atoms with Gasteiger partial charge in [0.2, 0.25) is 11.8 Å². The largest absolute Gasteiger partial charge is 0.349 e. The summed E-state index contributed by atoms with van der Waals surface area (Å²) < 4.78 is 22.9. The van der Waals surface area contributed by atoms with Gasteiger partial charge in [-0.05, 0) is 42.0 Å². The molecule has 6 nitrogen and oxygen atoms in total. The van der Waals surface area contributed by atoms with E-state index in [9.17, 15) is 18.0 Å². The lowest BCUT2D eigenvalue weighted by Gasteiger charge is -2.18. The standard InChI is InChI=1S/C18H19ClN2O4S/c1-12(22)20-17(13-3-5-14(19)6-4-13)11-18(23)21-15-7-9-16(10-8-15)26(2,24)25/h3-10,17H,11H2,1-2H3,(H,20,22)(H,21,23). The average Bonchev–Trinajstić information content (AvgIpc) is 2.54. The van der Waals surface area contributed by atoms with Crippen molar-refractivity contribution in [2.45, 2.75) is 24.3 Å². The lowest BCUT2D eigenvalue weighted by Crippen LogP contribution is -2.29. The SMILES string of the molecule is CC(=O)NC(CC(=O)Nc1ccc(S(C)(=O)=O)cc1)c1ccc(Cl)cc1. The molecule has 138 valence electrons. The minimum atomic E-state index is -3.29. The lowest BCUT2D eigenvalue weighted by atomic mass is 10.0. The van der Waals surface area contributed by atoms with Gasteiger partial charge in [0.1, 0.15) is 0 Å². The molecule has 26 heavy (non-hydrogen) atoms. The number of rotatable bonds is 6. The van der Waals surface area contributed by atoms with Crippen molar-refractivity contribution in [3.05, 3.63) is 59.1 Å². The molecule has 2 rings (SSSR count). The summed E-state index contributed by atoms with van der Waals surface area (Å²) in [7, 11) is -3.29. The second-order valence-corrected chi connectivity index (χ2v) is 8.31. The summed E-state index contributed by atoms with van der Waals surface area (Å²) in [6.45, 7) is 1.38. The van der Waals surface area contributed by atoms with Gasteiger partial charge < -0.3 is 10.6 Å². The van der Waals surface area contributed by atoms with E-state index in [-0.39, 0.29) is 23.1 Å². The van der Waals surface area contributed by atoms with Gasteiger partial charge in [0, 0.05) is 23.9 Å². The molecule has 0 saturated heterocycles. The van der Waals surface area contributed by atoms with Gasteiger partial charge in [0.05, 0.1) is 17.4 Å². The quantitative estimate of drug-likeness (QED) is 0.787. The molecule has 1 atom stereocenters. The number of carbonyl (C=O) groups excluding carboxylic acids is 2. The third-order valence-corrected chi connectivity index (χ3v) is 4.99. The molecule has 2 amide bonds. The van der Waals surface area contributed by atoms with Crippen LogP contribution in [0.3, 0.4) is 0 Å². The van der Waals surface area contributed by atoms with Crippen molar-refractivity contribution in [1.82, 2.24) is 5.32 Å². The first-order valence-electron chi connectivity index (χ1n) is 7.77. The number of hydrogen-bond donors (Lipinski definition) is 2. The summed E-state index contributed by atoms with van der Waals surface area (Å²) >= 11 is 5.87. The highest BCUT2D eigenvalue weighted by molar-refractivity contribution is 7.90. The Hall–Kier alpha value is -2.38. The molecule has 0 aliphatic carbocycles. The molecule has 0 saturated carbocycles. The molecular weight excluding hydrogens is 376 g/mol. The monoisotopic (exact) mass is 394 g/mol. The number of benzene rings is 2. The van der Waals surface area contributed by atoms with Gasteiger partial charge in [-0.25, -0.2) is 8.42 Å². The molecule has 2 aromatic rings. The smallest absolute Gasteiger partial charge is 0.226 e. The number of amides is 2. The Bertz CT molecular complexity index is 894. The van der Waals surface area contributed by atoms with Crippen molar-refractivity contribution in [1.29, 1.82) is 0 Å². The van der Waals surface area contributed by atoms with Gasteiger partial charge in [0.25, 0.3) is 0 Å². The van der Waals surface area contributed by atoms with Gasteiger partial charge in [-0.1, -0.05) is 23.7 Å². The molecule has 0 heterocycles. The van der Waals surface area contributed by atoms with Gasteiger partial charge in [0.15, 0.2) is 9.84 Å². The molecule has 2 aromatic carbocycles. The van der Waals surface area contributed by atoms with Crippen LogP contribution < -0.4 is 10.6 Å². The number of sulfone groups is 1. The minimum absolute atomic E-state index is 0.0229. The maximum Gasteiger partial charge on any atom is 0.226 e. The highest BCUT2D eigenvalue weighted by Crippen LogP contribution is 2.21. The molecule has 0 aliphatic heterocycles. The molecule has 0 aliphatic rings. The zero-order valence-electron chi connectivity index (χ0n) is 14.3. The van der Waals surface area contributed by atoms with Crippen LogP contribution in [-0.4, -0.2) is 26.5 Å². The molecular formula is C18H19ClN2O4S. The van der Waals surface area contributed by atoms with Gasteiger partial charge in [-0.3, -0.25) is 9.59 Å². The van der Waals surface area contributed by atoms with Crippen molar-refractivity contribution in [2.75, 3.05) is 11.6 Å². The summed E-state index contributed by atoms with van der Waals surface area (Å²) in [5.74, 6) is -0.568. The zero-order chi connectivity index (χ0) is 19.3. The van der Waals surface area contributed by atoms with E-state index < -0.39 is 15.9 Å². The molecule has 0 fully saturated rings. The Balaban J connectivity index is 2.09. The molecule has 0 aromatic heterocycles. The summed E-state index contributed by atoms with van der Waals surface area (Å²) in [5, 5.41) is 5.99. The third-order valence-electron chi connectivity index (χ3n) is 3.61. The van der Waals surface area contributed by atoms with Crippen molar-refractivity contribution < 1.29 is 18.0 Å². The highest BCUT2D eigenvalue weighted by atomic mass is 35.5. The Labute approximate surface area is 157 Å². The summed E-state index contributed by atoms with van der Waals surface area (Å²) in [6.07, 6.45) is 1.14. The molecule has 8 heteroatoms. The second-order valence-electron chi connectivity index (χ2n) is 5.85. The van der Waals surface area contributed by atoms with E-state index >= 15 is 0 Å². The van der Waals surface area contributed by atoms with E-state index in [0.717, 1.165) is 11.8 Å². The van der Waals surface area contributed by atoms with E-state index in [0.29, 0.717) is 10.7 Å². The number of anilines is 1. The summed E-state index contributed by atoms with van der Waals surface area (Å²) in [5.41, 5.74) is 1.23. The van der Waals surface area contributed by atoms with Crippen LogP contribution >= 0.6 is 11.6 Å². The van der Waals surface area contributed by atoms with Crippen LogP contribution in [0.2, 0.25) is 5.02 Å². The van der Waals surface area contributed by atoms with Crippen LogP contribution in [0.25, 0.3) is 0 Å². The first kappa shape index (κ1) is 19.9. The minimum Gasteiger partial charge on any atom is -0.349 e. The first-order chi connectivity index (χ1) is 12.1. The topological polar surface area (TPSA) is 92.3 Å². The van der Waals surface area contributed by atoms with Crippen LogP contribution in [0.1, 0.15) is 24.9 Å². The normalized spacial score (nSPS) is 12.3. The number of carbonyl (C=O) groups is 2. The molecule has 0 radical (unpaired) electrons. The number of hydrogen-bond acceptors (Lipinski definition) is 4. The Morgan fingerprint density at radius 1 is 1.04 bits per heavy atom. The Morgan fingerprint density at radius 3 is 2.12 bits per heavy atom. The van der Waals surface area contributed by atoms with E-state index in [1.54, 1.807) is 24.3 Å². The van der Waals surface area contributed by atoms with Crippen molar-refractivity contribution in [2.24, 2.45) is 0 Å². The van der Waals surface area contributed by atoms with Gasteiger partial charge in [-0.2, -0.15) is 0 Å². The van der Waals surface area contributed by atoms with Crippen molar-refractivity contribution in [3.8, 4) is 0 Å². The number of halogens is 1. The fraction of sp³-hybridized carbons (Fsp3) is 0.222. The highest BCUT2D eigenvalue weighted by Gasteiger charge is 2.17. The van der Waals surface area contributed by atoms with Crippen LogP contribution in [0.15, 0.2) is 53.4 Å². The van der Waals surface area contributed by atoms with Crippen molar-refractivity contribution in [3.63, 3.8) is 0 Å². The third kappa shape index (κ3) is 5.86. The van der Waals surface area contributed by atoms with E-state index in [1.807, 2.05) is 0 Å². The maximum absolute atomic E-state index is 12.3. The van der Waals surface area contributed by atoms with Gasteiger partial charge >= 0.3 is 0 Å². The average molecular weight is 395 g/mol. The lowest BCUT2D eigenvalue weighted by molar-refractivity contribution is -0.120. The van der Waals surface area contributed by atoms with Crippen LogP contribution in [0.4, 0.5) is 5.69 Å². The maximum atomic E-state index is 12.3. The van der Waals surface area contributed by atoms with Gasteiger partial charge in [-0.15, -0.1) is 0 Å². The predicted octanol–water partition coefficient (Wildman–Crippen LogP) is 2.95. The van der Waals surface area contributed by atoms with E-state index in [1.165, 1.54) is 31.2 Å². The molecule has 0 spiro atoms. The predicted molar refractivity (Wildman–Crippen MR) is 101 cm³/mol. The fourth-order valence-electron chi connectivity index (χ4n) is 2.38. The van der Waals surface area contributed by atoms with E-state index in [2.05, 4.69) is 10.6 Å². The first-order valence-corrected chi connectivity index (χ1v) is 10.0. The second kappa shape index (κ2) is 8.33. The summed E-state index contributed by atoms with van der Waals surface area (Å²) in [6, 6.07) is 12.3. The molecule has 0 bridgehead atoms. The van der Waals surface area contributed by atoms with E-state index in [4.69, 9.17) is 11.6 Å². The molecule has 2 N–H and O–H groups in total. The van der Waals surface area contributed by atoms with Crippen molar-refractivity contribution >= 4 is 38.9 Å². The Morgan fingerprint density at radius 2 is 1.62 bits per heavy atom.